The molecule has 0 saturated carbocycles. The molecule has 0 aliphatic carbocycles. The number of rotatable bonds is 4. The summed E-state index contributed by atoms with van der Waals surface area (Å²) >= 11 is 0. The zero-order valence-electron chi connectivity index (χ0n) is 12.5. The first-order valence-corrected chi connectivity index (χ1v) is 7.15. The molecule has 1 aliphatic rings. The summed E-state index contributed by atoms with van der Waals surface area (Å²) in [4.78, 5) is 15.2. The number of urea groups is 1. The summed E-state index contributed by atoms with van der Waals surface area (Å²) in [5.41, 5.74) is -0.723. The minimum absolute atomic E-state index is 0.0564. The number of amides is 2. The second-order valence-corrected chi connectivity index (χ2v) is 5.30. The normalized spacial score (nSPS) is 21.3. The summed E-state index contributed by atoms with van der Waals surface area (Å²) in [6, 6.07) is 1.43. The Hall–Kier alpha value is -1.87. The topological polar surface area (TPSA) is 83.5 Å². The second-order valence-electron chi connectivity index (χ2n) is 5.30. The third-order valence-corrected chi connectivity index (χ3v) is 3.51. The van der Waals surface area contributed by atoms with E-state index in [1.807, 2.05) is 0 Å². The van der Waals surface area contributed by atoms with E-state index in [9.17, 15) is 18.0 Å². The molecule has 2 rings (SSSR count). The van der Waals surface area contributed by atoms with Crippen LogP contribution < -0.4 is 10.6 Å². The first-order valence-electron chi connectivity index (χ1n) is 7.15. The molecule has 1 fully saturated rings. The van der Waals surface area contributed by atoms with Crippen LogP contribution in [0.3, 0.4) is 0 Å². The third-order valence-electron chi connectivity index (χ3n) is 3.51. The molecule has 1 aromatic heterocycles. The molecule has 2 amide bonds. The van der Waals surface area contributed by atoms with Gasteiger partial charge in [0.15, 0.2) is 0 Å². The number of aliphatic hydroxyl groups is 1. The maximum atomic E-state index is 12.5. The van der Waals surface area contributed by atoms with Gasteiger partial charge in [-0.15, -0.1) is 0 Å². The van der Waals surface area contributed by atoms with Gasteiger partial charge in [-0.05, 0) is 31.9 Å². The lowest BCUT2D eigenvalue weighted by molar-refractivity contribution is -0.141. The Labute approximate surface area is 131 Å². The summed E-state index contributed by atoms with van der Waals surface area (Å²) in [6.45, 7) is 1.59. The molecular formula is C14H18F3N3O3. The molecule has 9 heteroatoms. The number of ether oxygens (including phenoxy) is 1. The highest BCUT2D eigenvalue weighted by atomic mass is 19.4. The first kappa shape index (κ1) is 17.5. The highest BCUT2D eigenvalue weighted by Crippen LogP contribution is 2.29. The quantitative estimate of drug-likeness (QED) is 0.788. The number of hydrogen-bond acceptors (Lipinski definition) is 4. The maximum absolute atomic E-state index is 12.5. The van der Waals surface area contributed by atoms with Gasteiger partial charge >= 0.3 is 12.2 Å². The Bertz CT molecular complexity index is 566. The number of nitrogens with one attached hydrogen (secondary N) is 2. The van der Waals surface area contributed by atoms with E-state index >= 15 is 0 Å². The van der Waals surface area contributed by atoms with Crippen molar-refractivity contribution in [2.45, 2.75) is 38.1 Å². The minimum atomic E-state index is -4.52. The molecule has 0 unspecified atom stereocenters. The van der Waals surface area contributed by atoms with E-state index in [-0.39, 0.29) is 36.7 Å². The highest BCUT2D eigenvalue weighted by molar-refractivity contribution is 5.89. The zero-order valence-corrected chi connectivity index (χ0v) is 12.5. The van der Waals surface area contributed by atoms with Crippen molar-refractivity contribution >= 4 is 11.7 Å². The Balaban J connectivity index is 1.86. The number of pyridine rings is 1. The summed E-state index contributed by atoms with van der Waals surface area (Å²) in [6.07, 6.45) is -3.44. The van der Waals surface area contributed by atoms with Crippen LogP contribution in [0.1, 0.15) is 24.2 Å². The Morgan fingerprint density at radius 1 is 1.39 bits per heavy atom. The molecule has 0 aromatic carbocycles. The number of hydrogen-bond donors (Lipinski definition) is 3. The molecule has 0 bridgehead atoms. The number of aryl methyl sites for hydroxylation is 1. The van der Waals surface area contributed by atoms with E-state index in [0.29, 0.717) is 0 Å². The Morgan fingerprint density at radius 3 is 2.65 bits per heavy atom. The van der Waals surface area contributed by atoms with Crippen LogP contribution in [0.4, 0.5) is 23.7 Å². The highest BCUT2D eigenvalue weighted by Gasteiger charge is 2.32. The monoisotopic (exact) mass is 333 g/mol. The molecule has 2 heterocycles. The number of anilines is 1. The molecule has 6 nitrogen and oxygen atoms in total. The van der Waals surface area contributed by atoms with Crippen molar-refractivity contribution in [1.29, 1.82) is 0 Å². The number of carbonyl (C=O) groups excluding carboxylic acids is 1. The average Bonchev–Trinajstić information content (AvgIpc) is 2.94. The van der Waals surface area contributed by atoms with E-state index < -0.39 is 17.9 Å². The Kier molecular flexibility index (Phi) is 5.42. The lowest BCUT2D eigenvalue weighted by Gasteiger charge is -2.14. The average molecular weight is 333 g/mol. The van der Waals surface area contributed by atoms with Crippen LogP contribution in [0.15, 0.2) is 12.1 Å². The van der Waals surface area contributed by atoms with Crippen molar-refractivity contribution in [2.24, 2.45) is 0 Å². The predicted octanol–water partition coefficient (Wildman–Crippen LogP) is 2.07. The summed E-state index contributed by atoms with van der Waals surface area (Å²) in [5, 5.41) is 14.0. The third kappa shape index (κ3) is 4.80. The summed E-state index contributed by atoms with van der Waals surface area (Å²) in [5.74, 6) is 0. The number of carbonyl (C=O) groups is 1. The van der Waals surface area contributed by atoms with Gasteiger partial charge in [0.25, 0.3) is 0 Å². The van der Waals surface area contributed by atoms with Crippen LogP contribution in [-0.4, -0.2) is 41.5 Å². The van der Waals surface area contributed by atoms with E-state index in [2.05, 4.69) is 15.6 Å². The first-order chi connectivity index (χ1) is 10.8. The maximum Gasteiger partial charge on any atom is 0.433 e. The van der Waals surface area contributed by atoms with Gasteiger partial charge in [-0.1, -0.05) is 0 Å². The molecule has 1 aliphatic heterocycles. The lowest BCUT2D eigenvalue weighted by atomic mass is 10.2. The Morgan fingerprint density at radius 2 is 2.09 bits per heavy atom. The molecule has 0 spiro atoms. The summed E-state index contributed by atoms with van der Waals surface area (Å²) in [7, 11) is 0. The van der Waals surface area contributed by atoms with Crippen LogP contribution >= 0.6 is 0 Å². The fraction of sp³-hybridized carbons (Fsp3) is 0.571. The van der Waals surface area contributed by atoms with Crippen LogP contribution in [0, 0.1) is 6.92 Å². The van der Waals surface area contributed by atoms with Crippen LogP contribution in [0.5, 0.6) is 0 Å². The van der Waals surface area contributed by atoms with E-state index in [1.165, 1.54) is 13.0 Å². The minimum Gasteiger partial charge on any atom is -0.394 e. The van der Waals surface area contributed by atoms with Gasteiger partial charge in [-0.25, -0.2) is 9.78 Å². The molecule has 2 atom stereocenters. The molecule has 1 saturated heterocycles. The standard InChI is InChI=1S/C14H18F3N3O3/c1-8-11(4-5-12(19-8)14(15,16)17)20-13(22)18-6-9-2-3-10(7-21)23-9/h4-5,9-10,21H,2-3,6-7H2,1H3,(H2,18,20,22)/t9-,10+/m1/s1. The largest absolute Gasteiger partial charge is 0.433 e. The molecular weight excluding hydrogens is 315 g/mol. The van der Waals surface area contributed by atoms with E-state index in [0.717, 1.165) is 18.9 Å². The predicted molar refractivity (Wildman–Crippen MR) is 76.0 cm³/mol. The lowest BCUT2D eigenvalue weighted by Crippen LogP contribution is -2.35. The van der Waals surface area contributed by atoms with Crippen molar-refractivity contribution < 1.29 is 27.8 Å². The zero-order chi connectivity index (χ0) is 17.0. The van der Waals surface area contributed by atoms with Crippen LogP contribution in [-0.2, 0) is 10.9 Å². The van der Waals surface area contributed by atoms with Gasteiger partial charge in [0.05, 0.1) is 30.2 Å². The van der Waals surface area contributed by atoms with Gasteiger partial charge in [-0.2, -0.15) is 13.2 Å². The van der Waals surface area contributed by atoms with Gasteiger partial charge in [-0.3, -0.25) is 0 Å². The van der Waals surface area contributed by atoms with E-state index in [4.69, 9.17) is 9.84 Å². The van der Waals surface area contributed by atoms with Crippen molar-refractivity contribution in [3.05, 3.63) is 23.5 Å². The van der Waals surface area contributed by atoms with Crippen molar-refractivity contribution in [3.63, 3.8) is 0 Å². The smallest absolute Gasteiger partial charge is 0.394 e. The van der Waals surface area contributed by atoms with Crippen LogP contribution in [0.25, 0.3) is 0 Å². The SMILES string of the molecule is Cc1nc(C(F)(F)F)ccc1NC(=O)NC[C@H]1CC[C@@H](CO)O1. The second kappa shape index (κ2) is 7.14. The van der Waals surface area contributed by atoms with Crippen molar-refractivity contribution in [2.75, 3.05) is 18.5 Å². The number of aromatic nitrogens is 1. The number of halogens is 3. The fourth-order valence-corrected chi connectivity index (χ4v) is 2.29. The number of nitrogens with zero attached hydrogens (tertiary/aromatic N) is 1. The number of aliphatic hydroxyl groups excluding tert-OH is 1. The van der Waals surface area contributed by atoms with E-state index in [1.54, 1.807) is 0 Å². The molecule has 1 aromatic rings. The molecule has 0 radical (unpaired) electrons. The molecule has 3 N–H and O–H groups in total. The number of alkyl halides is 3. The van der Waals surface area contributed by atoms with Gasteiger partial charge in [0, 0.05) is 6.54 Å². The summed E-state index contributed by atoms with van der Waals surface area (Å²) < 4.78 is 43.0. The molecule has 128 valence electrons. The van der Waals surface area contributed by atoms with Gasteiger partial charge in [0.1, 0.15) is 5.69 Å². The molecule has 23 heavy (non-hydrogen) atoms. The van der Waals surface area contributed by atoms with Gasteiger partial charge in [0.2, 0.25) is 0 Å². The van der Waals surface area contributed by atoms with Crippen molar-refractivity contribution in [1.82, 2.24) is 10.3 Å². The fourth-order valence-electron chi connectivity index (χ4n) is 2.29. The van der Waals surface area contributed by atoms with Gasteiger partial charge < -0.3 is 20.5 Å². The van der Waals surface area contributed by atoms with Crippen LogP contribution in [0.2, 0.25) is 0 Å². The van der Waals surface area contributed by atoms with Crippen molar-refractivity contribution in [3.8, 4) is 0 Å².